The van der Waals surface area contributed by atoms with E-state index in [4.69, 9.17) is 4.74 Å². The van der Waals surface area contributed by atoms with Crippen LogP contribution in [0.3, 0.4) is 0 Å². The van der Waals surface area contributed by atoms with Crippen LogP contribution >= 0.6 is 37.2 Å². The number of carbonyl (C=O) groups is 3. The molecular formula is C24H26Cl3FN4O5. The zero-order chi connectivity index (χ0) is 24.2. The SMILES string of the molecule is CCOC(=O)N1CCN(c2cc(C(=O)O)c3cc(NC(=O)c4ccccc4F)ccc3n2)CC1.Cl.Cl.Cl. The second-order valence-electron chi connectivity index (χ2n) is 7.67. The lowest BCUT2D eigenvalue weighted by atomic mass is 10.1. The van der Waals surface area contributed by atoms with Crippen LogP contribution in [0.25, 0.3) is 10.9 Å². The maximum atomic E-state index is 13.9. The fourth-order valence-corrected chi connectivity index (χ4v) is 3.81. The van der Waals surface area contributed by atoms with Crippen LogP contribution in [-0.2, 0) is 4.74 Å². The fourth-order valence-electron chi connectivity index (χ4n) is 3.81. The maximum Gasteiger partial charge on any atom is 0.409 e. The third kappa shape index (κ3) is 7.12. The van der Waals surface area contributed by atoms with Crippen LogP contribution in [0, 0.1) is 5.82 Å². The molecule has 200 valence electrons. The summed E-state index contributed by atoms with van der Waals surface area (Å²) >= 11 is 0. The van der Waals surface area contributed by atoms with Crippen molar-refractivity contribution < 1.29 is 28.6 Å². The Morgan fingerprint density at radius 3 is 2.30 bits per heavy atom. The van der Waals surface area contributed by atoms with Gasteiger partial charge in [0.25, 0.3) is 5.91 Å². The highest BCUT2D eigenvalue weighted by atomic mass is 35.5. The van der Waals surface area contributed by atoms with Crippen LogP contribution in [0.2, 0.25) is 0 Å². The van der Waals surface area contributed by atoms with Crippen LogP contribution in [0.1, 0.15) is 27.6 Å². The van der Waals surface area contributed by atoms with Gasteiger partial charge in [0, 0.05) is 37.3 Å². The number of piperazine rings is 1. The Hall–Kier alpha value is -3.34. The van der Waals surface area contributed by atoms with Crippen LogP contribution in [0.5, 0.6) is 0 Å². The van der Waals surface area contributed by atoms with Gasteiger partial charge in [0.15, 0.2) is 0 Å². The lowest BCUT2D eigenvalue weighted by Gasteiger charge is -2.35. The molecule has 0 bridgehead atoms. The molecule has 1 aromatic heterocycles. The van der Waals surface area contributed by atoms with E-state index < -0.39 is 17.7 Å². The molecule has 9 nitrogen and oxygen atoms in total. The predicted molar refractivity (Wildman–Crippen MR) is 146 cm³/mol. The first-order chi connectivity index (χ1) is 16.4. The molecule has 13 heteroatoms. The zero-order valence-electron chi connectivity index (χ0n) is 19.7. The van der Waals surface area contributed by atoms with E-state index in [1.807, 2.05) is 4.90 Å². The molecule has 0 spiro atoms. The number of nitrogens with zero attached hydrogens (tertiary/aromatic N) is 3. The van der Waals surface area contributed by atoms with Gasteiger partial charge in [-0.25, -0.2) is 19.0 Å². The molecule has 1 saturated heterocycles. The summed E-state index contributed by atoms with van der Waals surface area (Å²) in [6, 6.07) is 11.8. The number of nitrogens with one attached hydrogen (secondary N) is 1. The van der Waals surface area contributed by atoms with Gasteiger partial charge in [-0.15, -0.1) is 37.2 Å². The molecule has 4 rings (SSSR count). The van der Waals surface area contributed by atoms with Crippen molar-refractivity contribution in [3.8, 4) is 0 Å². The first-order valence-corrected chi connectivity index (χ1v) is 10.8. The Morgan fingerprint density at radius 1 is 1.00 bits per heavy atom. The summed E-state index contributed by atoms with van der Waals surface area (Å²) in [5, 5.41) is 12.8. The van der Waals surface area contributed by atoms with Crippen molar-refractivity contribution in [3.63, 3.8) is 0 Å². The number of hydrogen-bond acceptors (Lipinski definition) is 6. The van der Waals surface area contributed by atoms with Crippen molar-refractivity contribution >= 4 is 77.6 Å². The van der Waals surface area contributed by atoms with Crippen molar-refractivity contribution in [2.24, 2.45) is 0 Å². The van der Waals surface area contributed by atoms with Crippen molar-refractivity contribution in [2.45, 2.75) is 6.92 Å². The fraction of sp³-hybridized carbons (Fsp3) is 0.250. The van der Waals surface area contributed by atoms with Gasteiger partial charge in [0.1, 0.15) is 11.6 Å². The van der Waals surface area contributed by atoms with Crippen LogP contribution in [0.15, 0.2) is 48.5 Å². The number of carbonyl (C=O) groups excluding carboxylic acids is 2. The standard InChI is InChI=1S/C24H23FN4O5.3ClH/c1-2-34-24(33)29-11-9-28(10-12-29)21-14-18(23(31)32)17-13-15(7-8-20(17)27-21)26-22(30)16-5-3-4-6-19(16)25;;;/h3-8,13-14H,2,9-12H2,1H3,(H,26,30)(H,31,32);3*1H. The number of carboxylic acids is 1. The Morgan fingerprint density at radius 2 is 1.68 bits per heavy atom. The molecule has 0 saturated carbocycles. The molecule has 1 fully saturated rings. The van der Waals surface area contributed by atoms with Crippen molar-refractivity contribution in [1.29, 1.82) is 0 Å². The van der Waals surface area contributed by atoms with Gasteiger partial charge >= 0.3 is 12.1 Å². The molecule has 2 heterocycles. The monoisotopic (exact) mass is 574 g/mol. The first-order valence-electron chi connectivity index (χ1n) is 10.8. The molecule has 2 aromatic carbocycles. The van der Waals surface area contributed by atoms with Crippen molar-refractivity contribution in [1.82, 2.24) is 9.88 Å². The normalized spacial score (nSPS) is 12.5. The van der Waals surface area contributed by atoms with Crippen LogP contribution in [0.4, 0.5) is 20.7 Å². The molecule has 2 N–H and O–H groups in total. The Kier molecular flexibility index (Phi) is 11.8. The molecule has 0 radical (unpaired) electrons. The highest BCUT2D eigenvalue weighted by Gasteiger charge is 2.24. The van der Waals surface area contributed by atoms with Gasteiger partial charge in [-0.05, 0) is 43.3 Å². The molecule has 0 atom stereocenters. The minimum Gasteiger partial charge on any atom is -0.478 e. The maximum absolute atomic E-state index is 13.9. The van der Waals surface area contributed by atoms with Gasteiger partial charge in [-0.2, -0.15) is 0 Å². The summed E-state index contributed by atoms with van der Waals surface area (Å²) in [4.78, 5) is 44.5. The summed E-state index contributed by atoms with van der Waals surface area (Å²) in [6.07, 6.45) is -0.371. The van der Waals surface area contributed by atoms with Crippen LogP contribution in [-0.4, -0.2) is 65.7 Å². The molecule has 37 heavy (non-hydrogen) atoms. The number of anilines is 2. The van der Waals surface area contributed by atoms with E-state index in [2.05, 4.69) is 10.3 Å². The van der Waals surface area contributed by atoms with E-state index in [0.29, 0.717) is 55.2 Å². The number of fused-ring (bicyclic) bond motifs is 1. The highest BCUT2D eigenvalue weighted by molar-refractivity contribution is 6.08. The van der Waals surface area contributed by atoms with E-state index in [-0.39, 0.29) is 54.4 Å². The number of amides is 2. The summed E-state index contributed by atoms with van der Waals surface area (Å²) in [6.45, 7) is 3.87. The van der Waals surface area contributed by atoms with Gasteiger partial charge in [0.2, 0.25) is 0 Å². The van der Waals surface area contributed by atoms with E-state index in [1.165, 1.54) is 30.3 Å². The summed E-state index contributed by atoms with van der Waals surface area (Å²) in [7, 11) is 0. The second-order valence-corrected chi connectivity index (χ2v) is 7.67. The number of aromatic nitrogens is 1. The topological polar surface area (TPSA) is 112 Å². The summed E-state index contributed by atoms with van der Waals surface area (Å²) in [5.74, 6) is -1.95. The number of benzene rings is 2. The smallest absolute Gasteiger partial charge is 0.409 e. The molecule has 1 aliphatic rings. The van der Waals surface area contributed by atoms with E-state index >= 15 is 0 Å². The first kappa shape index (κ1) is 31.7. The van der Waals surface area contributed by atoms with Gasteiger partial charge in [-0.1, -0.05) is 12.1 Å². The molecule has 3 aromatic rings. The Labute approximate surface area is 231 Å². The summed E-state index contributed by atoms with van der Waals surface area (Å²) < 4.78 is 18.9. The highest BCUT2D eigenvalue weighted by Crippen LogP contribution is 2.27. The lowest BCUT2D eigenvalue weighted by Crippen LogP contribution is -2.49. The number of rotatable bonds is 5. The van der Waals surface area contributed by atoms with Gasteiger partial charge in [-0.3, -0.25) is 4.79 Å². The number of halogens is 4. The number of aromatic carboxylic acids is 1. The third-order valence-corrected chi connectivity index (χ3v) is 5.53. The molecule has 1 aliphatic heterocycles. The van der Waals surface area contributed by atoms with Gasteiger partial charge in [0.05, 0.1) is 23.3 Å². The van der Waals surface area contributed by atoms with Crippen molar-refractivity contribution in [3.05, 3.63) is 65.5 Å². The Balaban J connectivity index is 0.00000228. The minimum atomic E-state index is -1.14. The average Bonchev–Trinajstić information content (AvgIpc) is 2.83. The number of carboxylic acid groups (broad SMARTS) is 1. The van der Waals surface area contributed by atoms with Crippen LogP contribution < -0.4 is 10.2 Å². The van der Waals surface area contributed by atoms with E-state index in [0.717, 1.165) is 0 Å². The van der Waals surface area contributed by atoms with Crippen molar-refractivity contribution in [2.75, 3.05) is 43.0 Å². The third-order valence-electron chi connectivity index (χ3n) is 5.53. The van der Waals surface area contributed by atoms with Gasteiger partial charge < -0.3 is 25.0 Å². The molecule has 2 amide bonds. The quantitative estimate of drug-likeness (QED) is 0.446. The lowest BCUT2D eigenvalue weighted by molar-refractivity contribution is 0.0698. The van der Waals surface area contributed by atoms with E-state index in [1.54, 1.807) is 30.0 Å². The minimum absolute atomic E-state index is 0. The molecule has 0 aliphatic carbocycles. The molecular weight excluding hydrogens is 550 g/mol. The number of ether oxygens (including phenoxy) is 1. The average molecular weight is 576 g/mol. The molecule has 0 unspecified atom stereocenters. The largest absolute Gasteiger partial charge is 0.478 e. The summed E-state index contributed by atoms with van der Waals surface area (Å²) in [5.41, 5.74) is 0.666. The Bertz CT molecular complexity index is 1270. The number of hydrogen-bond donors (Lipinski definition) is 2. The zero-order valence-corrected chi connectivity index (χ0v) is 22.1. The predicted octanol–water partition coefficient (Wildman–Crippen LogP) is 4.87. The second kappa shape index (κ2) is 13.8. The van der Waals surface area contributed by atoms with E-state index in [9.17, 15) is 23.9 Å². The number of pyridine rings is 1.